The van der Waals surface area contributed by atoms with E-state index in [1.807, 2.05) is 12.1 Å². The van der Waals surface area contributed by atoms with Gasteiger partial charge in [-0.3, -0.25) is 9.69 Å². The zero-order valence-corrected chi connectivity index (χ0v) is 18.2. The Bertz CT molecular complexity index is 996. The fourth-order valence-electron chi connectivity index (χ4n) is 3.72. The van der Waals surface area contributed by atoms with Gasteiger partial charge in [-0.15, -0.1) is 11.3 Å². The number of rotatable bonds is 7. The zero-order valence-electron chi connectivity index (χ0n) is 17.4. The average molecular weight is 426 g/mol. The third-order valence-electron chi connectivity index (χ3n) is 5.36. The minimum atomic E-state index is 0.106. The molecule has 1 amide bonds. The van der Waals surface area contributed by atoms with Crippen LogP contribution in [-0.4, -0.2) is 67.2 Å². The summed E-state index contributed by atoms with van der Waals surface area (Å²) >= 11 is 1.64. The highest BCUT2D eigenvalue weighted by molar-refractivity contribution is 7.17. The Hall–Kier alpha value is -2.71. The Labute approximate surface area is 180 Å². The molecule has 3 aromatic rings. The van der Waals surface area contributed by atoms with E-state index in [2.05, 4.69) is 49.5 Å². The van der Waals surface area contributed by atoms with Crippen molar-refractivity contribution in [2.24, 2.45) is 0 Å². The van der Waals surface area contributed by atoms with E-state index in [0.29, 0.717) is 6.54 Å². The first-order chi connectivity index (χ1) is 14.7. The van der Waals surface area contributed by atoms with E-state index in [4.69, 9.17) is 4.74 Å². The number of hydrogen-bond acceptors (Lipinski definition) is 7. The third-order valence-corrected chi connectivity index (χ3v) is 6.25. The van der Waals surface area contributed by atoms with Crippen molar-refractivity contribution in [3.8, 4) is 16.9 Å². The van der Waals surface area contributed by atoms with Gasteiger partial charge in [0.15, 0.2) is 0 Å². The second-order valence-electron chi connectivity index (χ2n) is 7.37. The highest BCUT2D eigenvalue weighted by Gasteiger charge is 2.23. The molecule has 0 spiro atoms. The quantitative estimate of drug-likeness (QED) is 0.628. The molecular formula is C22H27N5O2S. The maximum atomic E-state index is 12.0. The van der Waals surface area contributed by atoms with E-state index in [-0.39, 0.29) is 5.91 Å². The Kier molecular flexibility index (Phi) is 6.44. The first kappa shape index (κ1) is 20.6. The number of ether oxygens (including phenoxy) is 1. The molecule has 0 bridgehead atoms. The molecule has 0 aliphatic carbocycles. The van der Waals surface area contributed by atoms with Crippen LogP contribution in [-0.2, 0) is 4.79 Å². The first-order valence-corrected chi connectivity index (χ1v) is 11.2. The van der Waals surface area contributed by atoms with Crippen molar-refractivity contribution in [3.63, 3.8) is 0 Å². The molecule has 1 saturated heterocycles. The second kappa shape index (κ2) is 9.40. The standard InChI is InChI=1S/C22H27N5O2S/c1-3-8-23-19(28)13-26-9-11-27(12-10-26)21-20-18(14-30-22(20)25-15-24-21)16-4-6-17(29-2)7-5-16/h4-7,14-15H,3,8-13H2,1-2H3,(H,23,28). The van der Waals surface area contributed by atoms with Gasteiger partial charge in [0.2, 0.25) is 5.91 Å². The van der Waals surface area contributed by atoms with E-state index < -0.39 is 0 Å². The summed E-state index contributed by atoms with van der Waals surface area (Å²) in [5.74, 6) is 1.92. The summed E-state index contributed by atoms with van der Waals surface area (Å²) < 4.78 is 5.29. The zero-order chi connectivity index (χ0) is 20.9. The maximum Gasteiger partial charge on any atom is 0.234 e. The van der Waals surface area contributed by atoms with Gasteiger partial charge in [0.05, 0.1) is 19.0 Å². The summed E-state index contributed by atoms with van der Waals surface area (Å²) in [5, 5.41) is 6.21. The molecule has 2 aromatic heterocycles. The smallest absolute Gasteiger partial charge is 0.234 e. The predicted molar refractivity (Wildman–Crippen MR) is 121 cm³/mol. The number of amides is 1. The lowest BCUT2D eigenvalue weighted by Crippen LogP contribution is -2.49. The van der Waals surface area contributed by atoms with Gasteiger partial charge in [-0.1, -0.05) is 19.1 Å². The van der Waals surface area contributed by atoms with Crippen molar-refractivity contribution in [2.75, 3.05) is 51.3 Å². The van der Waals surface area contributed by atoms with Crippen LogP contribution in [0.4, 0.5) is 5.82 Å². The van der Waals surface area contributed by atoms with Crippen LogP contribution in [0, 0.1) is 0 Å². The van der Waals surface area contributed by atoms with Crippen LogP contribution in [0.5, 0.6) is 5.75 Å². The fourth-order valence-corrected chi connectivity index (χ4v) is 4.63. The lowest BCUT2D eigenvalue weighted by Gasteiger charge is -2.35. The minimum Gasteiger partial charge on any atom is -0.497 e. The van der Waals surface area contributed by atoms with Gasteiger partial charge in [0.25, 0.3) is 0 Å². The first-order valence-electron chi connectivity index (χ1n) is 10.3. The number of hydrogen-bond donors (Lipinski definition) is 1. The number of fused-ring (bicyclic) bond motifs is 1. The summed E-state index contributed by atoms with van der Waals surface area (Å²) in [6, 6.07) is 8.10. The van der Waals surface area contributed by atoms with Gasteiger partial charge >= 0.3 is 0 Å². The van der Waals surface area contributed by atoms with Crippen LogP contribution >= 0.6 is 11.3 Å². The van der Waals surface area contributed by atoms with E-state index >= 15 is 0 Å². The van der Waals surface area contributed by atoms with Gasteiger partial charge in [0.1, 0.15) is 22.7 Å². The molecule has 158 valence electrons. The van der Waals surface area contributed by atoms with Gasteiger partial charge in [0, 0.05) is 43.7 Å². The molecule has 1 aromatic carbocycles. The second-order valence-corrected chi connectivity index (χ2v) is 8.23. The van der Waals surface area contributed by atoms with E-state index in [1.54, 1.807) is 24.8 Å². The van der Waals surface area contributed by atoms with Crippen LogP contribution < -0.4 is 15.0 Å². The summed E-state index contributed by atoms with van der Waals surface area (Å²) in [5.41, 5.74) is 2.28. The topological polar surface area (TPSA) is 70.6 Å². The number of methoxy groups -OCH3 is 1. The number of carbonyl (C=O) groups is 1. The van der Waals surface area contributed by atoms with Gasteiger partial charge < -0.3 is 15.0 Å². The van der Waals surface area contributed by atoms with Gasteiger partial charge in [-0.25, -0.2) is 9.97 Å². The van der Waals surface area contributed by atoms with Crippen LogP contribution in [0.3, 0.4) is 0 Å². The summed E-state index contributed by atoms with van der Waals surface area (Å²) in [7, 11) is 1.67. The molecule has 0 unspecified atom stereocenters. The summed E-state index contributed by atoms with van der Waals surface area (Å²) in [6.07, 6.45) is 2.61. The molecule has 1 fully saturated rings. The SMILES string of the molecule is CCCNC(=O)CN1CCN(c2ncnc3scc(-c4ccc(OC)cc4)c23)CC1. The molecule has 0 atom stereocenters. The van der Waals surface area contributed by atoms with Gasteiger partial charge in [-0.05, 0) is 24.1 Å². The molecule has 1 aliphatic rings. The number of thiophene rings is 1. The van der Waals surface area contributed by atoms with Crippen molar-refractivity contribution < 1.29 is 9.53 Å². The largest absolute Gasteiger partial charge is 0.497 e. The fraction of sp³-hybridized carbons (Fsp3) is 0.409. The number of anilines is 1. The molecule has 1 N–H and O–H groups in total. The van der Waals surface area contributed by atoms with Crippen molar-refractivity contribution in [2.45, 2.75) is 13.3 Å². The molecule has 0 radical (unpaired) electrons. The van der Waals surface area contributed by atoms with E-state index in [0.717, 1.165) is 72.1 Å². The average Bonchev–Trinajstić information content (AvgIpc) is 3.23. The number of carbonyl (C=O) groups excluding carboxylic acids is 1. The molecule has 30 heavy (non-hydrogen) atoms. The van der Waals surface area contributed by atoms with E-state index in [9.17, 15) is 4.79 Å². The molecule has 4 rings (SSSR count). The van der Waals surface area contributed by atoms with Crippen LogP contribution in [0.1, 0.15) is 13.3 Å². The molecule has 0 saturated carbocycles. The molecule has 3 heterocycles. The van der Waals surface area contributed by atoms with Crippen LogP contribution in [0.15, 0.2) is 36.0 Å². The number of benzene rings is 1. The molecular weight excluding hydrogens is 398 g/mol. The maximum absolute atomic E-state index is 12.0. The monoisotopic (exact) mass is 425 g/mol. The van der Waals surface area contributed by atoms with Crippen molar-refractivity contribution in [3.05, 3.63) is 36.0 Å². The molecule has 8 heteroatoms. The van der Waals surface area contributed by atoms with Gasteiger partial charge in [-0.2, -0.15) is 0 Å². The van der Waals surface area contributed by atoms with Crippen molar-refractivity contribution in [1.29, 1.82) is 0 Å². The predicted octanol–water partition coefficient (Wildman–Crippen LogP) is 3.02. The summed E-state index contributed by atoms with van der Waals surface area (Å²) in [4.78, 5) is 26.7. The number of aromatic nitrogens is 2. The highest BCUT2D eigenvalue weighted by atomic mass is 32.1. The van der Waals surface area contributed by atoms with Crippen molar-refractivity contribution in [1.82, 2.24) is 20.2 Å². The number of nitrogens with zero attached hydrogens (tertiary/aromatic N) is 4. The minimum absolute atomic E-state index is 0.106. The van der Waals surface area contributed by atoms with E-state index in [1.165, 1.54) is 0 Å². The molecule has 7 nitrogen and oxygen atoms in total. The lowest BCUT2D eigenvalue weighted by atomic mass is 10.1. The van der Waals surface area contributed by atoms with Crippen LogP contribution in [0.2, 0.25) is 0 Å². The molecule has 1 aliphatic heterocycles. The number of nitrogens with one attached hydrogen (secondary N) is 1. The normalized spacial score (nSPS) is 14.8. The number of piperazine rings is 1. The third kappa shape index (κ3) is 4.39. The summed E-state index contributed by atoms with van der Waals surface area (Å²) in [6.45, 7) is 6.62. The lowest BCUT2D eigenvalue weighted by molar-refractivity contribution is -0.122. The highest BCUT2D eigenvalue weighted by Crippen LogP contribution is 2.38. The van der Waals surface area contributed by atoms with Crippen molar-refractivity contribution >= 4 is 33.3 Å². The Balaban J connectivity index is 1.52. The van der Waals surface area contributed by atoms with Crippen LogP contribution in [0.25, 0.3) is 21.3 Å². The Morgan fingerprint density at radius 3 is 2.63 bits per heavy atom. The Morgan fingerprint density at radius 1 is 1.17 bits per heavy atom. The Morgan fingerprint density at radius 2 is 1.93 bits per heavy atom.